The van der Waals surface area contributed by atoms with Crippen molar-refractivity contribution in [1.82, 2.24) is 0 Å². The monoisotopic (exact) mass is 315 g/mol. The predicted molar refractivity (Wildman–Crippen MR) is 74.9 cm³/mol. The van der Waals surface area contributed by atoms with Crippen molar-refractivity contribution in [2.24, 2.45) is 11.1 Å². The summed E-state index contributed by atoms with van der Waals surface area (Å²) < 4.78 is 14.2. The average Bonchev–Trinajstić information content (AvgIpc) is 2.20. The molecule has 0 spiro atoms. The molecule has 0 aliphatic rings. The highest BCUT2D eigenvalue weighted by Gasteiger charge is 2.23. The number of hydrogen-bond donors (Lipinski definition) is 1. The summed E-state index contributed by atoms with van der Waals surface area (Å²) in [6.07, 6.45) is 0.377. The molecule has 1 unspecified atom stereocenters. The van der Waals surface area contributed by atoms with Gasteiger partial charge in [0.05, 0.1) is 0 Å². The van der Waals surface area contributed by atoms with E-state index in [1.165, 1.54) is 6.07 Å². The summed E-state index contributed by atoms with van der Waals surface area (Å²) >= 11 is 3.18. The number of benzene rings is 1. The highest BCUT2D eigenvalue weighted by atomic mass is 79.9. The van der Waals surface area contributed by atoms with Crippen LogP contribution in [0.4, 0.5) is 4.39 Å². The Bertz CT molecular complexity index is 440. The number of rotatable bonds is 4. The van der Waals surface area contributed by atoms with Crippen molar-refractivity contribution in [1.29, 1.82) is 0 Å². The van der Waals surface area contributed by atoms with Crippen LogP contribution in [0.15, 0.2) is 22.7 Å². The summed E-state index contributed by atoms with van der Waals surface area (Å²) in [4.78, 5) is 11.8. The molecule has 18 heavy (non-hydrogen) atoms. The standard InChI is InChI=1S/C14H19BrFNO/c1-14(2,3)13(17)8-11(18)6-9-4-5-10(15)7-12(9)16/h4-5,7,13H,6,8,17H2,1-3H3. The molecule has 0 amide bonds. The second kappa shape index (κ2) is 5.93. The lowest BCUT2D eigenvalue weighted by atomic mass is 9.84. The molecule has 0 aliphatic carbocycles. The number of Topliss-reactive ketones (excluding diaryl/α,β-unsaturated/α-hetero) is 1. The van der Waals surface area contributed by atoms with Crippen molar-refractivity contribution in [3.05, 3.63) is 34.1 Å². The molecular formula is C14H19BrFNO. The number of hydrogen-bond acceptors (Lipinski definition) is 2. The molecule has 2 N–H and O–H groups in total. The molecule has 0 heterocycles. The van der Waals surface area contributed by atoms with Crippen molar-refractivity contribution in [3.8, 4) is 0 Å². The molecular weight excluding hydrogens is 297 g/mol. The van der Waals surface area contributed by atoms with E-state index in [4.69, 9.17) is 5.73 Å². The molecule has 1 atom stereocenters. The molecule has 0 fully saturated rings. The van der Waals surface area contributed by atoms with E-state index in [1.807, 2.05) is 20.8 Å². The minimum atomic E-state index is -0.359. The molecule has 0 bridgehead atoms. The van der Waals surface area contributed by atoms with Gasteiger partial charge in [0.25, 0.3) is 0 Å². The SMILES string of the molecule is CC(C)(C)C(N)CC(=O)Cc1ccc(Br)cc1F. The van der Waals surface area contributed by atoms with Crippen molar-refractivity contribution < 1.29 is 9.18 Å². The Hall–Kier alpha value is -0.740. The number of carbonyl (C=O) groups excluding carboxylic acids is 1. The second-order valence-corrected chi connectivity index (χ2v) is 6.54. The number of nitrogens with two attached hydrogens (primary N) is 1. The average molecular weight is 316 g/mol. The molecule has 0 aromatic heterocycles. The minimum absolute atomic E-state index is 0.0290. The van der Waals surface area contributed by atoms with Crippen molar-refractivity contribution in [3.63, 3.8) is 0 Å². The van der Waals surface area contributed by atoms with Crippen LogP contribution in [0.5, 0.6) is 0 Å². The van der Waals surface area contributed by atoms with Gasteiger partial charge < -0.3 is 5.73 Å². The van der Waals surface area contributed by atoms with E-state index in [0.717, 1.165) is 0 Å². The lowest BCUT2D eigenvalue weighted by Gasteiger charge is -2.26. The zero-order valence-electron chi connectivity index (χ0n) is 11.0. The summed E-state index contributed by atoms with van der Waals surface area (Å²) in [7, 11) is 0. The maximum Gasteiger partial charge on any atom is 0.138 e. The van der Waals surface area contributed by atoms with Crippen LogP contribution >= 0.6 is 15.9 Å². The van der Waals surface area contributed by atoms with Gasteiger partial charge in [-0.2, -0.15) is 0 Å². The maximum absolute atomic E-state index is 13.6. The molecule has 100 valence electrons. The second-order valence-electron chi connectivity index (χ2n) is 5.63. The van der Waals surface area contributed by atoms with Gasteiger partial charge in [-0.25, -0.2) is 4.39 Å². The normalized spacial score (nSPS) is 13.4. The third-order valence-electron chi connectivity index (χ3n) is 2.96. The van der Waals surface area contributed by atoms with Crippen LogP contribution < -0.4 is 5.73 Å². The van der Waals surface area contributed by atoms with Gasteiger partial charge in [-0.3, -0.25) is 4.79 Å². The Morgan fingerprint density at radius 2 is 2.06 bits per heavy atom. The Morgan fingerprint density at radius 3 is 2.56 bits per heavy atom. The van der Waals surface area contributed by atoms with Gasteiger partial charge >= 0.3 is 0 Å². The quantitative estimate of drug-likeness (QED) is 0.924. The van der Waals surface area contributed by atoms with E-state index >= 15 is 0 Å². The first kappa shape index (κ1) is 15.3. The summed E-state index contributed by atoms with van der Waals surface area (Å²) in [5.41, 5.74) is 6.25. The molecule has 1 aromatic rings. The molecule has 1 aromatic carbocycles. The van der Waals surface area contributed by atoms with Crippen LogP contribution in [0.1, 0.15) is 32.8 Å². The van der Waals surface area contributed by atoms with E-state index in [-0.39, 0.29) is 35.9 Å². The highest BCUT2D eigenvalue weighted by molar-refractivity contribution is 9.10. The minimum Gasteiger partial charge on any atom is -0.327 e. The number of carbonyl (C=O) groups is 1. The first-order valence-electron chi connectivity index (χ1n) is 5.91. The van der Waals surface area contributed by atoms with E-state index < -0.39 is 0 Å². The molecule has 4 heteroatoms. The summed E-state index contributed by atoms with van der Waals surface area (Å²) in [5, 5.41) is 0. The zero-order chi connectivity index (χ0) is 13.9. The van der Waals surface area contributed by atoms with Crippen molar-refractivity contribution in [2.75, 3.05) is 0 Å². The molecule has 0 aliphatic heterocycles. The van der Waals surface area contributed by atoms with Gasteiger partial charge in [-0.1, -0.05) is 42.8 Å². The zero-order valence-corrected chi connectivity index (χ0v) is 12.6. The topological polar surface area (TPSA) is 43.1 Å². The van der Waals surface area contributed by atoms with Crippen LogP contribution in [0.3, 0.4) is 0 Å². The van der Waals surface area contributed by atoms with Gasteiger partial charge in [0.15, 0.2) is 0 Å². The van der Waals surface area contributed by atoms with Gasteiger partial charge in [0, 0.05) is 23.4 Å². The van der Waals surface area contributed by atoms with Crippen LogP contribution in [0, 0.1) is 11.2 Å². The fraction of sp³-hybridized carbons (Fsp3) is 0.500. The van der Waals surface area contributed by atoms with Crippen molar-refractivity contribution in [2.45, 2.75) is 39.7 Å². The Kier molecular flexibility index (Phi) is 5.05. The summed E-state index contributed by atoms with van der Waals surface area (Å²) in [6, 6.07) is 4.52. The van der Waals surface area contributed by atoms with E-state index in [1.54, 1.807) is 12.1 Å². The van der Waals surface area contributed by atoms with Crippen LogP contribution in [-0.4, -0.2) is 11.8 Å². The van der Waals surface area contributed by atoms with E-state index in [2.05, 4.69) is 15.9 Å². The largest absolute Gasteiger partial charge is 0.327 e. The van der Waals surface area contributed by atoms with Gasteiger partial charge in [0.2, 0.25) is 0 Å². The first-order chi connectivity index (χ1) is 8.20. The summed E-state index contributed by atoms with van der Waals surface area (Å²) in [5.74, 6) is -0.388. The fourth-order valence-electron chi connectivity index (χ4n) is 1.50. The molecule has 1 rings (SSSR count). The molecule has 0 radical (unpaired) electrons. The Balaban J connectivity index is 2.65. The smallest absolute Gasteiger partial charge is 0.138 e. The highest BCUT2D eigenvalue weighted by Crippen LogP contribution is 2.21. The Labute approximate surface area is 116 Å². The van der Waals surface area contributed by atoms with E-state index in [0.29, 0.717) is 10.0 Å². The lowest BCUT2D eigenvalue weighted by molar-refractivity contribution is -0.119. The Morgan fingerprint density at radius 1 is 1.44 bits per heavy atom. The molecule has 0 saturated carbocycles. The fourth-order valence-corrected chi connectivity index (χ4v) is 1.83. The number of halogens is 2. The first-order valence-corrected chi connectivity index (χ1v) is 6.70. The van der Waals surface area contributed by atoms with Gasteiger partial charge in [-0.15, -0.1) is 0 Å². The van der Waals surface area contributed by atoms with Crippen LogP contribution in [0.2, 0.25) is 0 Å². The van der Waals surface area contributed by atoms with Gasteiger partial charge in [0.1, 0.15) is 11.6 Å². The lowest BCUT2D eigenvalue weighted by Crippen LogP contribution is -2.37. The van der Waals surface area contributed by atoms with Crippen LogP contribution in [0.25, 0.3) is 0 Å². The summed E-state index contributed by atoms with van der Waals surface area (Å²) in [6.45, 7) is 5.97. The third-order valence-corrected chi connectivity index (χ3v) is 3.46. The number of ketones is 1. The molecule has 0 saturated heterocycles. The maximum atomic E-state index is 13.6. The van der Waals surface area contributed by atoms with Crippen LogP contribution in [-0.2, 0) is 11.2 Å². The molecule has 2 nitrogen and oxygen atoms in total. The predicted octanol–water partition coefficient (Wildman–Crippen LogP) is 3.46. The van der Waals surface area contributed by atoms with Crippen molar-refractivity contribution >= 4 is 21.7 Å². The third kappa shape index (κ3) is 4.50. The van der Waals surface area contributed by atoms with Gasteiger partial charge in [-0.05, 0) is 23.1 Å². The van der Waals surface area contributed by atoms with E-state index in [9.17, 15) is 9.18 Å².